The quantitative estimate of drug-likeness (QED) is 0.730. The lowest BCUT2D eigenvalue weighted by molar-refractivity contribution is 0.242. The zero-order valence-corrected chi connectivity index (χ0v) is 13.6. The zero-order valence-electron chi connectivity index (χ0n) is 13.6. The normalized spacial score (nSPS) is 25.1. The predicted octanol–water partition coefficient (Wildman–Crippen LogP) is 5.40. The van der Waals surface area contributed by atoms with E-state index in [9.17, 15) is 0 Å². The molecule has 1 N–H and O–H groups in total. The number of aryl methyl sites for hydroxylation is 1. The lowest BCUT2D eigenvalue weighted by atomic mass is 9.82. The van der Waals surface area contributed by atoms with Crippen molar-refractivity contribution in [2.24, 2.45) is 5.92 Å². The van der Waals surface area contributed by atoms with Crippen LogP contribution in [-0.2, 0) is 6.42 Å². The molecule has 2 atom stereocenters. The van der Waals surface area contributed by atoms with Crippen molar-refractivity contribution in [3.8, 4) is 0 Å². The van der Waals surface area contributed by atoms with Gasteiger partial charge >= 0.3 is 0 Å². The van der Waals surface area contributed by atoms with Gasteiger partial charge in [-0.1, -0.05) is 56.9 Å². The molecule has 1 heteroatoms. The highest BCUT2D eigenvalue weighted by atomic mass is 15.0. The second-order valence-corrected chi connectivity index (χ2v) is 7.08. The molecule has 1 aromatic carbocycles. The summed E-state index contributed by atoms with van der Waals surface area (Å²) in [6.07, 6.45) is 13.8. The van der Waals surface area contributed by atoms with Gasteiger partial charge in [-0.05, 0) is 55.6 Å². The lowest BCUT2D eigenvalue weighted by Crippen LogP contribution is -2.39. The SMILES string of the molecule is CCC(NC1CCCCc2ccccc21)C1CCCCC1. The van der Waals surface area contributed by atoms with Crippen molar-refractivity contribution < 1.29 is 0 Å². The molecule has 1 nitrogen and oxygen atoms in total. The molecular formula is C20H31N. The lowest BCUT2D eigenvalue weighted by Gasteiger charge is -2.34. The average Bonchev–Trinajstić information content (AvgIpc) is 2.76. The first-order valence-corrected chi connectivity index (χ1v) is 9.22. The van der Waals surface area contributed by atoms with Gasteiger partial charge in [0.1, 0.15) is 0 Å². The highest BCUT2D eigenvalue weighted by Crippen LogP contribution is 2.33. The third-order valence-electron chi connectivity index (χ3n) is 5.69. The molecule has 0 bridgehead atoms. The van der Waals surface area contributed by atoms with Crippen molar-refractivity contribution in [1.29, 1.82) is 0 Å². The van der Waals surface area contributed by atoms with E-state index in [1.165, 1.54) is 64.2 Å². The average molecular weight is 285 g/mol. The molecule has 0 saturated heterocycles. The van der Waals surface area contributed by atoms with Crippen LogP contribution >= 0.6 is 0 Å². The van der Waals surface area contributed by atoms with Gasteiger partial charge in [0.15, 0.2) is 0 Å². The summed E-state index contributed by atoms with van der Waals surface area (Å²) in [6, 6.07) is 10.5. The molecule has 0 heterocycles. The molecule has 0 amide bonds. The molecule has 2 aliphatic carbocycles. The molecule has 0 radical (unpaired) electrons. The molecule has 3 rings (SSSR count). The summed E-state index contributed by atoms with van der Waals surface area (Å²) in [5.74, 6) is 0.916. The molecular weight excluding hydrogens is 254 g/mol. The molecule has 116 valence electrons. The molecule has 2 unspecified atom stereocenters. The maximum Gasteiger partial charge on any atom is 0.0325 e. The van der Waals surface area contributed by atoms with Crippen molar-refractivity contribution in [3.63, 3.8) is 0 Å². The third-order valence-corrected chi connectivity index (χ3v) is 5.69. The van der Waals surface area contributed by atoms with Crippen molar-refractivity contribution in [2.45, 2.75) is 83.2 Å². The van der Waals surface area contributed by atoms with Gasteiger partial charge < -0.3 is 5.32 Å². The summed E-state index contributed by atoms with van der Waals surface area (Å²) in [5, 5.41) is 4.07. The minimum Gasteiger partial charge on any atom is -0.307 e. The van der Waals surface area contributed by atoms with Crippen LogP contribution in [0.1, 0.15) is 81.9 Å². The van der Waals surface area contributed by atoms with Crippen LogP contribution in [0.15, 0.2) is 24.3 Å². The summed E-state index contributed by atoms with van der Waals surface area (Å²) < 4.78 is 0. The van der Waals surface area contributed by atoms with Gasteiger partial charge in [0, 0.05) is 12.1 Å². The second kappa shape index (κ2) is 7.45. The number of hydrogen-bond acceptors (Lipinski definition) is 1. The zero-order chi connectivity index (χ0) is 14.5. The van der Waals surface area contributed by atoms with Crippen LogP contribution in [-0.4, -0.2) is 6.04 Å². The molecule has 2 aliphatic rings. The van der Waals surface area contributed by atoms with E-state index < -0.39 is 0 Å². The molecule has 1 aromatic rings. The minimum atomic E-state index is 0.593. The number of nitrogens with one attached hydrogen (secondary N) is 1. The van der Waals surface area contributed by atoms with E-state index in [0.717, 1.165) is 12.0 Å². The van der Waals surface area contributed by atoms with Crippen molar-refractivity contribution in [3.05, 3.63) is 35.4 Å². The number of rotatable bonds is 4. The number of hydrogen-bond donors (Lipinski definition) is 1. The Kier molecular flexibility index (Phi) is 5.35. The van der Waals surface area contributed by atoms with E-state index in [2.05, 4.69) is 36.5 Å². The first kappa shape index (κ1) is 15.1. The Hall–Kier alpha value is -0.820. The standard InChI is InChI=1S/C20H31N/c1-2-19(17-12-4-3-5-13-17)21-20-15-9-7-11-16-10-6-8-14-18(16)20/h6,8,10,14,17,19-21H,2-5,7,9,11-13,15H2,1H3. The van der Waals surface area contributed by atoms with Crippen LogP contribution in [0, 0.1) is 5.92 Å². The Morgan fingerprint density at radius 1 is 1.00 bits per heavy atom. The predicted molar refractivity (Wildman–Crippen MR) is 90.5 cm³/mol. The Morgan fingerprint density at radius 3 is 2.57 bits per heavy atom. The molecule has 0 aromatic heterocycles. The van der Waals surface area contributed by atoms with Gasteiger partial charge in [-0.15, -0.1) is 0 Å². The van der Waals surface area contributed by atoms with Gasteiger partial charge in [0.25, 0.3) is 0 Å². The van der Waals surface area contributed by atoms with Gasteiger partial charge in [0.05, 0.1) is 0 Å². The van der Waals surface area contributed by atoms with Crippen molar-refractivity contribution in [2.75, 3.05) is 0 Å². The highest BCUT2D eigenvalue weighted by molar-refractivity contribution is 5.31. The summed E-state index contributed by atoms with van der Waals surface area (Å²) in [7, 11) is 0. The minimum absolute atomic E-state index is 0.593. The van der Waals surface area contributed by atoms with E-state index in [-0.39, 0.29) is 0 Å². The van der Waals surface area contributed by atoms with Gasteiger partial charge in [-0.2, -0.15) is 0 Å². The first-order valence-electron chi connectivity index (χ1n) is 9.22. The van der Waals surface area contributed by atoms with E-state index in [0.29, 0.717) is 6.04 Å². The molecule has 0 spiro atoms. The number of fused-ring (bicyclic) bond motifs is 1. The smallest absolute Gasteiger partial charge is 0.0325 e. The third kappa shape index (κ3) is 3.69. The fourth-order valence-electron chi connectivity index (χ4n) is 4.48. The summed E-state index contributed by atoms with van der Waals surface area (Å²) in [6.45, 7) is 2.37. The summed E-state index contributed by atoms with van der Waals surface area (Å²) in [5.41, 5.74) is 3.18. The summed E-state index contributed by atoms with van der Waals surface area (Å²) >= 11 is 0. The second-order valence-electron chi connectivity index (χ2n) is 7.08. The van der Waals surface area contributed by atoms with E-state index in [4.69, 9.17) is 0 Å². The fourth-order valence-corrected chi connectivity index (χ4v) is 4.48. The van der Waals surface area contributed by atoms with Crippen molar-refractivity contribution >= 4 is 0 Å². The van der Waals surface area contributed by atoms with Crippen molar-refractivity contribution in [1.82, 2.24) is 5.32 Å². The van der Waals surface area contributed by atoms with Gasteiger partial charge in [0.2, 0.25) is 0 Å². The molecule has 21 heavy (non-hydrogen) atoms. The van der Waals surface area contributed by atoms with Crippen LogP contribution in [0.4, 0.5) is 0 Å². The Balaban J connectivity index is 1.73. The highest BCUT2D eigenvalue weighted by Gasteiger charge is 2.26. The van der Waals surface area contributed by atoms with Gasteiger partial charge in [-0.3, -0.25) is 0 Å². The van der Waals surface area contributed by atoms with Crippen LogP contribution in [0.3, 0.4) is 0 Å². The van der Waals surface area contributed by atoms with Crippen LogP contribution in [0.2, 0.25) is 0 Å². The van der Waals surface area contributed by atoms with E-state index in [1.807, 2.05) is 0 Å². The summed E-state index contributed by atoms with van der Waals surface area (Å²) in [4.78, 5) is 0. The van der Waals surface area contributed by atoms with Crippen LogP contribution in [0.5, 0.6) is 0 Å². The first-order chi connectivity index (χ1) is 10.4. The van der Waals surface area contributed by atoms with Crippen LogP contribution < -0.4 is 5.32 Å². The number of benzene rings is 1. The van der Waals surface area contributed by atoms with Gasteiger partial charge in [-0.25, -0.2) is 0 Å². The monoisotopic (exact) mass is 285 g/mol. The molecule has 1 fully saturated rings. The van der Waals surface area contributed by atoms with E-state index in [1.54, 1.807) is 11.1 Å². The van der Waals surface area contributed by atoms with E-state index >= 15 is 0 Å². The topological polar surface area (TPSA) is 12.0 Å². The maximum atomic E-state index is 4.07. The Morgan fingerprint density at radius 2 is 1.76 bits per heavy atom. The fraction of sp³-hybridized carbons (Fsp3) is 0.700. The Bertz CT molecular complexity index is 433. The Labute approximate surface area is 130 Å². The largest absolute Gasteiger partial charge is 0.307 e. The maximum absolute atomic E-state index is 4.07. The van der Waals surface area contributed by atoms with Crippen LogP contribution in [0.25, 0.3) is 0 Å². The molecule has 0 aliphatic heterocycles. The molecule has 1 saturated carbocycles.